The summed E-state index contributed by atoms with van der Waals surface area (Å²) < 4.78 is 5.17. The van der Waals surface area contributed by atoms with Crippen molar-refractivity contribution in [3.63, 3.8) is 0 Å². The van der Waals surface area contributed by atoms with Crippen LogP contribution in [0.5, 0.6) is 0 Å². The molecule has 1 aliphatic carbocycles. The van der Waals surface area contributed by atoms with E-state index in [1.165, 1.54) is 23.1 Å². The van der Waals surface area contributed by atoms with Crippen molar-refractivity contribution in [3.8, 4) is 0 Å². The van der Waals surface area contributed by atoms with Gasteiger partial charge in [0, 0.05) is 10.9 Å². The zero-order valence-electron chi connectivity index (χ0n) is 19.6. The van der Waals surface area contributed by atoms with Crippen LogP contribution in [-0.4, -0.2) is 30.4 Å². The van der Waals surface area contributed by atoms with E-state index >= 15 is 0 Å². The second-order valence-corrected chi connectivity index (χ2v) is 9.81. The van der Waals surface area contributed by atoms with Gasteiger partial charge in [0.05, 0.1) is 17.9 Å². The van der Waals surface area contributed by atoms with E-state index in [1.807, 2.05) is 38.1 Å². The van der Waals surface area contributed by atoms with Crippen LogP contribution in [0.2, 0.25) is 0 Å². The Morgan fingerprint density at radius 3 is 2.32 bits per heavy atom. The summed E-state index contributed by atoms with van der Waals surface area (Å²) in [6.07, 6.45) is 6.16. The van der Waals surface area contributed by atoms with Crippen LogP contribution in [0.15, 0.2) is 64.0 Å². The number of benzene rings is 2. The molecule has 2 aromatic rings. The van der Waals surface area contributed by atoms with Crippen molar-refractivity contribution in [1.82, 2.24) is 5.32 Å². The van der Waals surface area contributed by atoms with Gasteiger partial charge in [0.2, 0.25) is 0 Å². The molecular formula is C27H30N2O4S. The SMILES string of the molecule is CCCOC(=O)c1ccc(N2C(=O)C(NC3CCCCC3)=C(Sc3ccc(C)cc3)C2=O)cc1. The molecular weight excluding hydrogens is 448 g/mol. The second-order valence-electron chi connectivity index (χ2n) is 8.73. The highest BCUT2D eigenvalue weighted by Crippen LogP contribution is 2.37. The average Bonchev–Trinajstić information content (AvgIpc) is 3.08. The lowest BCUT2D eigenvalue weighted by Gasteiger charge is -2.24. The van der Waals surface area contributed by atoms with E-state index in [9.17, 15) is 14.4 Å². The zero-order valence-corrected chi connectivity index (χ0v) is 20.5. The number of esters is 1. The fourth-order valence-corrected chi connectivity index (χ4v) is 5.10. The third-order valence-corrected chi connectivity index (χ3v) is 7.13. The smallest absolute Gasteiger partial charge is 0.338 e. The largest absolute Gasteiger partial charge is 0.462 e. The third-order valence-electron chi connectivity index (χ3n) is 6.03. The molecule has 1 aliphatic heterocycles. The van der Waals surface area contributed by atoms with Crippen molar-refractivity contribution in [2.24, 2.45) is 0 Å². The summed E-state index contributed by atoms with van der Waals surface area (Å²) in [6, 6.07) is 14.5. The molecule has 4 rings (SSSR count). The lowest BCUT2D eigenvalue weighted by atomic mass is 9.95. The van der Waals surface area contributed by atoms with Gasteiger partial charge in [0.1, 0.15) is 10.6 Å². The van der Waals surface area contributed by atoms with Crippen molar-refractivity contribution in [1.29, 1.82) is 0 Å². The number of carbonyl (C=O) groups excluding carboxylic acids is 3. The number of hydrogen-bond acceptors (Lipinski definition) is 6. The summed E-state index contributed by atoms with van der Waals surface area (Å²) in [6.45, 7) is 4.29. The highest BCUT2D eigenvalue weighted by atomic mass is 32.2. The fourth-order valence-electron chi connectivity index (χ4n) is 4.17. The number of imide groups is 1. The number of ether oxygens (including phenoxy) is 1. The molecule has 1 fully saturated rings. The highest BCUT2D eigenvalue weighted by molar-refractivity contribution is 8.04. The van der Waals surface area contributed by atoms with Crippen LogP contribution in [0.4, 0.5) is 5.69 Å². The Kier molecular flexibility index (Phi) is 7.73. The van der Waals surface area contributed by atoms with E-state index < -0.39 is 5.97 Å². The van der Waals surface area contributed by atoms with Gasteiger partial charge in [-0.15, -0.1) is 0 Å². The van der Waals surface area contributed by atoms with Crippen LogP contribution in [0.25, 0.3) is 0 Å². The molecule has 0 unspecified atom stereocenters. The molecule has 1 N–H and O–H groups in total. The average molecular weight is 479 g/mol. The van der Waals surface area contributed by atoms with E-state index in [0.717, 1.165) is 42.6 Å². The Morgan fingerprint density at radius 2 is 1.68 bits per heavy atom. The maximum absolute atomic E-state index is 13.5. The Morgan fingerprint density at radius 1 is 1.00 bits per heavy atom. The number of anilines is 1. The molecule has 0 saturated heterocycles. The minimum absolute atomic E-state index is 0.185. The maximum Gasteiger partial charge on any atom is 0.338 e. The van der Waals surface area contributed by atoms with E-state index in [1.54, 1.807) is 24.3 Å². The zero-order chi connectivity index (χ0) is 24.1. The van der Waals surface area contributed by atoms with Crippen molar-refractivity contribution in [2.75, 3.05) is 11.5 Å². The van der Waals surface area contributed by atoms with E-state index in [0.29, 0.717) is 28.5 Å². The van der Waals surface area contributed by atoms with Crippen LogP contribution in [-0.2, 0) is 14.3 Å². The molecule has 178 valence electrons. The van der Waals surface area contributed by atoms with Crippen LogP contribution in [0.1, 0.15) is 61.4 Å². The molecule has 7 heteroatoms. The Hall–Kier alpha value is -3.06. The summed E-state index contributed by atoms with van der Waals surface area (Å²) in [5.41, 5.74) is 2.32. The minimum atomic E-state index is -0.416. The van der Waals surface area contributed by atoms with Crippen molar-refractivity contribution < 1.29 is 19.1 Å². The normalized spacial score (nSPS) is 16.8. The number of nitrogens with one attached hydrogen (secondary N) is 1. The van der Waals surface area contributed by atoms with Gasteiger partial charge in [0.15, 0.2) is 0 Å². The van der Waals surface area contributed by atoms with E-state index in [4.69, 9.17) is 4.74 Å². The van der Waals surface area contributed by atoms with Crippen LogP contribution < -0.4 is 10.2 Å². The van der Waals surface area contributed by atoms with E-state index in [-0.39, 0.29) is 17.9 Å². The maximum atomic E-state index is 13.5. The molecule has 2 amide bonds. The van der Waals surface area contributed by atoms with Crippen molar-refractivity contribution in [3.05, 3.63) is 70.3 Å². The molecule has 2 aromatic carbocycles. The van der Waals surface area contributed by atoms with Gasteiger partial charge in [-0.3, -0.25) is 9.59 Å². The van der Waals surface area contributed by atoms with Gasteiger partial charge in [-0.1, -0.05) is 55.6 Å². The monoisotopic (exact) mass is 478 g/mol. The van der Waals surface area contributed by atoms with Crippen molar-refractivity contribution in [2.45, 2.75) is 63.3 Å². The van der Waals surface area contributed by atoms with Gasteiger partial charge >= 0.3 is 5.97 Å². The highest BCUT2D eigenvalue weighted by Gasteiger charge is 2.41. The summed E-state index contributed by atoms with van der Waals surface area (Å²) in [5.74, 6) is -1.12. The number of aryl methyl sites for hydroxylation is 1. The number of hydrogen-bond donors (Lipinski definition) is 1. The minimum Gasteiger partial charge on any atom is -0.462 e. The Balaban J connectivity index is 1.60. The van der Waals surface area contributed by atoms with Gasteiger partial charge in [-0.25, -0.2) is 9.69 Å². The van der Waals surface area contributed by atoms with Gasteiger partial charge in [-0.05, 0) is 62.6 Å². The second kappa shape index (κ2) is 10.9. The summed E-state index contributed by atoms with van der Waals surface area (Å²) in [5, 5.41) is 3.40. The van der Waals surface area contributed by atoms with Crippen LogP contribution >= 0.6 is 11.8 Å². The van der Waals surface area contributed by atoms with Crippen molar-refractivity contribution >= 4 is 35.2 Å². The van der Waals surface area contributed by atoms with Gasteiger partial charge in [0.25, 0.3) is 11.8 Å². The number of thioether (sulfide) groups is 1. The standard InChI is InChI=1S/C27H30N2O4S/c1-3-17-33-27(32)19-11-13-21(14-12-19)29-25(30)23(28-20-7-5-4-6-8-20)24(26(29)31)34-22-15-9-18(2)10-16-22/h9-16,20,28H,3-8,17H2,1-2H3. The predicted octanol–water partition coefficient (Wildman–Crippen LogP) is 5.36. The first-order valence-corrected chi connectivity index (χ1v) is 12.7. The van der Waals surface area contributed by atoms with Crippen LogP contribution in [0.3, 0.4) is 0 Å². The molecule has 0 atom stereocenters. The number of rotatable bonds is 8. The molecule has 0 spiro atoms. The molecule has 0 radical (unpaired) electrons. The molecule has 6 nitrogen and oxygen atoms in total. The van der Waals surface area contributed by atoms with Gasteiger partial charge < -0.3 is 10.1 Å². The Bertz CT molecular complexity index is 1090. The lowest BCUT2D eigenvalue weighted by molar-refractivity contribution is -0.120. The third kappa shape index (κ3) is 5.36. The summed E-state index contributed by atoms with van der Waals surface area (Å²) in [4.78, 5) is 41.6. The first-order chi connectivity index (χ1) is 16.5. The first-order valence-electron chi connectivity index (χ1n) is 11.9. The predicted molar refractivity (Wildman–Crippen MR) is 134 cm³/mol. The number of carbonyl (C=O) groups is 3. The Labute approximate surface area is 204 Å². The van der Waals surface area contributed by atoms with E-state index in [2.05, 4.69) is 5.32 Å². The van der Waals surface area contributed by atoms with Gasteiger partial charge in [-0.2, -0.15) is 0 Å². The first kappa shape index (κ1) is 24.1. The molecule has 0 aromatic heterocycles. The number of amides is 2. The lowest BCUT2D eigenvalue weighted by Crippen LogP contribution is -2.37. The summed E-state index contributed by atoms with van der Waals surface area (Å²) >= 11 is 1.31. The summed E-state index contributed by atoms with van der Waals surface area (Å²) in [7, 11) is 0. The molecule has 1 saturated carbocycles. The number of nitrogens with zero attached hydrogens (tertiary/aromatic N) is 1. The molecule has 2 aliphatic rings. The van der Waals surface area contributed by atoms with Crippen LogP contribution in [0, 0.1) is 6.92 Å². The molecule has 0 bridgehead atoms. The quantitative estimate of drug-likeness (QED) is 0.407. The molecule has 34 heavy (non-hydrogen) atoms. The topological polar surface area (TPSA) is 75.7 Å². The molecule has 1 heterocycles. The fraction of sp³-hybridized carbons (Fsp3) is 0.370.